The van der Waals surface area contributed by atoms with Crippen LogP contribution in [0.5, 0.6) is 0 Å². The maximum absolute atomic E-state index is 12.7. The standard InChI is InChI=1S/C17H22N2O3S/c1-13(12-14-4-3-11-23-14)16(20)19-6-2-5-15(19)17(21)18-7-9-22-10-8-18/h3-4,11-12,15H,2,5-10H2,1H3/b13-12+/t15-/m0/s1. The third kappa shape index (κ3) is 3.64. The molecule has 2 amide bonds. The summed E-state index contributed by atoms with van der Waals surface area (Å²) in [5.74, 6) is 0.0468. The third-order valence-corrected chi connectivity index (χ3v) is 5.18. The number of ether oxygens (including phenoxy) is 1. The van der Waals surface area contributed by atoms with E-state index in [1.54, 1.807) is 16.2 Å². The van der Waals surface area contributed by atoms with Crippen LogP contribution in [0, 0.1) is 0 Å². The van der Waals surface area contributed by atoms with Crippen molar-refractivity contribution >= 4 is 29.2 Å². The molecule has 0 aliphatic carbocycles. The average Bonchev–Trinajstić information content (AvgIpc) is 3.25. The van der Waals surface area contributed by atoms with Gasteiger partial charge in [0.15, 0.2) is 0 Å². The Morgan fingerprint density at radius 3 is 2.78 bits per heavy atom. The van der Waals surface area contributed by atoms with Gasteiger partial charge < -0.3 is 14.5 Å². The molecule has 2 aliphatic heterocycles. The second kappa shape index (κ2) is 7.27. The second-order valence-electron chi connectivity index (χ2n) is 5.94. The van der Waals surface area contributed by atoms with Crippen LogP contribution >= 0.6 is 11.3 Å². The van der Waals surface area contributed by atoms with Gasteiger partial charge in [0.05, 0.1) is 13.2 Å². The number of carbonyl (C=O) groups is 2. The number of hydrogen-bond donors (Lipinski definition) is 0. The van der Waals surface area contributed by atoms with Gasteiger partial charge in [0, 0.05) is 30.1 Å². The molecule has 0 spiro atoms. The molecule has 0 radical (unpaired) electrons. The van der Waals surface area contributed by atoms with Gasteiger partial charge in [-0.1, -0.05) is 6.07 Å². The van der Waals surface area contributed by atoms with Gasteiger partial charge in [-0.2, -0.15) is 0 Å². The van der Waals surface area contributed by atoms with Crippen molar-refractivity contribution < 1.29 is 14.3 Å². The normalized spacial score (nSPS) is 22.5. The maximum atomic E-state index is 12.7. The lowest BCUT2D eigenvalue weighted by atomic mass is 10.1. The molecule has 6 heteroatoms. The van der Waals surface area contributed by atoms with Crippen molar-refractivity contribution in [3.05, 3.63) is 28.0 Å². The van der Waals surface area contributed by atoms with E-state index in [4.69, 9.17) is 4.74 Å². The van der Waals surface area contributed by atoms with E-state index in [9.17, 15) is 9.59 Å². The summed E-state index contributed by atoms with van der Waals surface area (Å²) in [7, 11) is 0. The van der Waals surface area contributed by atoms with Crippen molar-refractivity contribution in [2.45, 2.75) is 25.8 Å². The highest BCUT2D eigenvalue weighted by Gasteiger charge is 2.37. The summed E-state index contributed by atoms with van der Waals surface area (Å²) < 4.78 is 5.30. The molecule has 0 N–H and O–H groups in total. The summed E-state index contributed by atoms with van der Waals surface area (Å²) >= 11 is 1.60. The van der Waals surface area contributed by atoms with Crippen LogP contribution in [-0.4, -0.2) is 60.5 Å². The molecule has 0 unspecified atom stereocenters. The first kappa shape index (κ1) is 16.2. The molecule has 124 valence electrons. The molecule has 1 aromatic rings. The van der Waals surface area contributed by atoms with Crippen molar-refractivity contribution in [3.63, 3.8) is 0 Å². The number of nitrogens with zero attached hydrogens (tertiary/aromatic N) is 2. The minimum Gasteiger partial charge on any atom is -0.378 e. The van der Waals surface area contributed by atoms with E-state index < -0.39 is 0 Å². The zero-order valence-electron chi connectivity index (χ0n) is 13.4. The van der Waals surface area contributed by atoms with Crippen LogP contribution < -0.4 is 0 Å². The van der Waals surface area contributed by atoms with Gasteiger partial charge in [-0.3, -0.25) is 9.59 Å². The van der Waals surface area contributed by atoms with Gasteiger partial charge in [-0.25, -0.2) is 0 Å². The Balaban J connectivity index is 1.70. The van der Waals surface area contributed by atoms with E-state index in [-0.39, 0.29) is 17.9 Å². The lowest BCUT2D eigenvalue weighted by Gasteiger charge is -2.32. The quantitative estimate of drug-likeness (QED) is 0.795. The molecule has 0 aromatic carbocycles. The largest absolute Gasteiger partial charge is 0.378 e. The lowest BCUT2D eigenvalue weighted by molar-refractivity contribution is -0.144. The molecule has 1 aromatic heterocycles. The number of rotatable bonds is 3. The minimum atomic E-state index is -0.313. The smallest absolute Gasteiger partial charge is 0.250 e. The fourth-order valence-corrected chi connectivity index (χ4v) is 3.85. The van der Waals surface area contributed by atoms with E-state index in [2.05, 4.69) is 0 Å². The summed E-state index contributed by atoms with van der Waals surface area (Å²) in [6.45, 7) is 4.92. The van der Waals surface area contributed by atoms with Crippen LogP contribution in [0.3, 0.4) is 0 Å². The van der Waals surface area contributed by atoms with E-state index in [0.29, 0.717) is 38.4 Å². The van der Waals surface area contributed by atoms with E-state index in [1.165, 1.54) is 0 Å². The molecule has 2 saturated heterocycles. The van der Waals surface area contributed by atoms with Crippen molar-refractivity contribution in [1.82, 2.24) is 9.80 Å². The maximum Gasteiger partial charge on any atom is 0.250 e. The SMILES string of the molecule is C/C(=C\c1cccs1)C(=O)N1CCC[C@H]1C(=O)N1CCOCC1. The topological polar surface area (TPSA) is 49.9 Å². The fourth-order valence-electron chi connectivity index (χ4n) is 3.14. The summed E-state index contributed by atoms with van der Waals surface area (Å²) in [5, 5.41) is 1.99. The fraction of sp³-hybridized carbons (Fsp3) is 0.529. The first-order valence-corrected chi connectivity index (χ1v) is 8.94. The van der Waals surface area contributed by atoms with Gasteiger partial charge in [-0.05, 0) is 37.3 Å². The van der Waals surface area contributed by atoms with E-state index in [1.807, 2.05) is 35.4 Å². The first-order chi connectivity index (χ1) is 11.2. The predicted octanol–water partition coefficient (Wildman–Crippen LogP) is 2.00. The van der Waals surface area contributed by atoms with Crippen LogP contribution in [0.15, 0.2) is 23.1 Å². The Kier molecular flexibility index (Phi) is 5.13. The third-order valence-electron chi connectivity index (χ3n) is 4.36. The predicted molar refractivity (Wildman–Crippen MR) is 90.1 cm³/mol. The van der Waals surface area contributed by atoms with Crippen molar-refractivity contribution in [3.8, 4) is 0 Å². The van der Waals surface area contributed by atoms with Crippen LogP contribution in [0.1, 0.15) is 24.6 Å². The van der Waals surface area contributed by atoms with Gasteiger partial charge in [0.2, 0.25) is 11.8 Å². The van der Waals surface area contributed by atoms with Gasteiger partial charge in [0.25, 0.3) is 0 Å². The molecular weight excluding hydrogens is 312 g/mol. The number of morpholine rings is 1. The summed E-state index contributed by atoms with van der Waals surface area (Å²) in [6.07, 6.45) is 3.55. The first-order valence-electron chi connectivity index (χ1n) is 8.06. The summed E-state index contributed by atoms with van der Waals surface area (Å²) in [5.41, 5.74) is 0.689. The molecule has 0 bridgehead atoms. The molecule has 5 nitrogen and oxygen atoms in total. The average molecular weight is 334 g/mol. The molecule has 2 fully saturated rings. The molecule has 3 rings (SSSR count). The molecule has 23 heavy (non-hydrogen) atoms. The Morgan fingerprint density at radius 1 is 1.30 bits per heavy atom. The zero-order valence-corrected chi connectivity index (χ0v) is 14.2. The number of thiophene rings is 1. The molecule has 3 heterocycles. The van der Waals surface area contributed by atoms with Crippen LogP contribution in [0.4, 0.5) is 0 Å². The Bertz CT molecular complexity index is 591. The van der Waals surface area contributed by atoms with Crippen molar-refractivity contribution in [1.29, 1.82) is 0 Å². The summed E-state index contributed by atoms with van der Waals surface area (Å²) in [4.78, 5) is 30.1. The monoisotopic (exact) mass is 334 g/mol. The Hall–Kier alpha value is -1.66. The van der Waals surface area contributed by atoms with Crippen LogP contribution in [0.25, 0.3) is 6.08 Å². The molecule has 2 aliphatic rings. The highest BCUT2D eigenvalue weighted by atomic mass is 32.1. The van der Waals surface area contributed by atoms with E-state index >= 15 is 0 Å². The number of carbonyl (C=O) groups excluding carboxylic acids is 2. The number of likely N-dealkylation sites (tertiary alicyclic amines) is 1. The van der Waals surface area contributed by atoms with Crippen LogP contribution in [-0.2, 0) is 14.3 Å². The van der Waals surface area contributed by atoms with Crippen LogP contribution in [0.2, 0.25) is 0 Å². The van der Waals surface area contributed by atoms with Gasteiger partial charge >= 0.3 is 0 Å². The van der Waals surface area contributed by atoms with Crippen molar-refractivity contribution in [2.24, 2.45) is 0 Å². The van der Waals surface area contributed by atoms with Crippen molar-refractivity contribution in [2.75, 3.05) is 32.8 Å². The molecular formula is C17H22N2O3S. The highest BCUT2D eigenvalue weighted by Crippen LogP contribution is 2.23. The van der Waals surface area contributed by atoms with Gasteiger partial charge in [-0.15, -0.1) is 11.3 Å². The number of hydrogen-bond acceptors (Lipinski definition) is 4. The summed E-state index contributed by atoms with van der Waals surface area (Å²) in [6, 6.07) is 3.64. The highest BCUT2D eigenvalue weighted by molar-refractivity contribution is 7.10. The van der Waals surface area contributed by atoms with Gasteiger partial charge in [0.1, 0.15) is 6.04 Å². The van der Waals surface area contributed by atoms with E-state index in [0.717, 1.165) is 17.7 Å². The zero-order chi connectivity index (χ0) is 16.2. The second-order valence-corrected chi connectivity index (χ2v) is 6.92. The number of amides is 2. The Morgan fingerprint density at radius 2 is 2.09 bits per heavy atom. The Labute approximate surface area is 140 Å². The lowest BCUT2D eigenvalue weighted by Crippen LogP contribution is -2.51. The molecule has 0 saturated carbocycles. The molecule has 1 atom stereocenters. The minimum absolute atomic E-state index is 0.0255.